The third-order valence-electron chi connectivity index (χ3n) is 3.70. The van der Waals surface area contributed by atoms with Crippen molar-refractivity contribution < 1.29 is 4.79 Å². The van der Waals surface area contributed by atoms with Crippen LogP contribution in [0.5, 0.6) is 0 Å². The summed E-state index contributed by atoms with van der Waals surface area (Å²) in [7, 11) is 1.52. The predicted octanol–water partition coefficient (Wildman–Crippen LogP) is 2.62. The van der Waals surface area contributed by atoms with Crippen molar-refractivity contribution in [2.75, 3.05) is 5.32 Å². The molecule has 5 heteroatoms. The van der Waals surface area contributed by atoms with Crippen molar-refractivity contribution >= 4 is 11.6 Å². The van der Waals surface area contributed by atoms with E-state index in [1.54, 1.807) is 0 Å². The van der Waals surface area contributed by atoms with Gasteiger partial charge in [-0.05, 0) is 29.7 Å². The van der Waals surface area contributed by atoms with Crippen LogP contribution in [0.4, 0.5) is 5.69 Å². The number of aryl methyl sites for hydroxylation is 1. The van der Waals surface area contributed by atoms with Crippen LogP contribution in [0.25, 0.3) is 0 Å². The van der Waals surface area contributed by atoms with E-state index < -0.39 is 0 Å². The maximum Gasteiger partial charge on any atom is 0.276 e. The van der Waals surface area contributed by atoms with E-state index in [4.69, 9.17) is 0 Å². The summed E-state index contributed by atoms with van der Waals surface area (Å²) in [5.41, 5.74) is 2.87. The molecule has 0 saturated heterocycles. The number of nitrogens with zero attached hydrogens (tertiary/aromatic N) is 2. The van der Waals surface area contributed by atoms with Crippen molar-refractivity contribution in [3.8, 4) is 0 Å². The Balaban J connectivity index is 1.83. The van der Waals surface area contributed by atoms with Gasteiger partial charge >= 0.3 is 0 Å². The average molecular weight is 319 g/mol. The monoisotopic (exact) mass is 319 g/mol. The molecule has 0 unspecified atom stereocenters. The smallest absolute Gasteiger partial charge is 0.276 e. The van der Waals surface area contributed by atoms with Crippen molar-refractivity contribution in [2.45, 2.75) is 6.42 Å². The number of anilines is 1. The van der Waals surface area contributed by atoms with Crippen LogP contribution in [0.15, 0.2) is 71.5 Å². The van der Waals surface area contributed by atoms with Crippen molar-refractivity contribution in [1.29, 1.82) is 0 Å². The largest absolute Gasteiger partial charge is 0.320 e. The van der Waals surface area contributed by atoms with Crippen LogP contribution in [-0.2, 0) is 13.5 Å². The average Bonchev–Trinajstić information content (AvgIpc) is 2.60. The third kappa shape index (κ3) is 3.57. The van der Waals surface area contributed by atoms with Crippen LogP contribution in [-0.4, -0.2) is 15.7 Å². The molecule has 24 heavy (non-hydrogen) atoms. The molecule has 1 N–H and O–H groups in total. The summed E-state index contributed by atoms with van der Waals surface area (Å²) in [6.07, 6.45) is 0.720. The van der Waals surface area contributed by atoms with Gasteiger partial charge in [0.1, 0.15) is 5.69 Å². The van der Waals surface area contributed by atoms with Crippen molar-refractivity contribution in [1.82, 2.24) is 9.78 Å². The lowest BCUT2D eigenvalue weighted by Crippen LogP contribution is -2.23. The number of para-hydroxylation sites is 1. The van der Waals surface area contributed by atoms with E-state index in [-0.39, 0.29) is 17.2 Å². The van der Waals surface area contributed by atoms with Gasteiger partial charge in [0.2, 0.25) is 0 Å². The second-order valence-corrected chi connectivity index (χ2v) is 5.45. The fourth-order valence-electron chi connectivity index (χ4n) is 2.42. The highest BCUT2D eigenvalue weighted by atomic mass is 16.2. The van der Waals surface area contributed by atoms with Gasteiger partial charge in [-0.1, -0.05) is 48.5 Å². The Morgan fingerprint density at radius 2 is 1.71 bits per heavy atom. The van der Waals surface area contributed by atoms with Crippen LogP contribution in [0.3, 0.4) is 0 Å². The van der Waals surface area contributed by atoms with E-state index in [1.807, 2.05) is 54.6 Å². The standard InChI is InChI=1S/C19H17N3O2/c1-22-18(23)12-11-17(21-22)19(24)20-16-10-6-5-9-15(16)13-14-7-3-2-4-8-14/h2-12H,13H2,1H3,(H,20,24). The highest BCUT2D eigenvalue weighted by Crippen LogP contribution is 2.19. The maximum absolute atomic E-state index is 12.4. The molecule has 0 spiro atoms. The van der Waals surface area contributed by atoms with E-state index in [9.17, 15) is 9.59 Å². The zero-order chi connectivity index (χ0) is 16.9. The molecule has 0 atom stereocenters. The Labute approximate surface area is 139 Å². The molecular weight excluding hydrogens is 302 g/mol. The van der Waals surface area contributed by atoms with E-state index in [0.717, 1.165) is 22.4 Å². The lowest BCUT2D eigenvalue weighted by Gasteiger charge is -2.11. The predicted molar refractivity (Wildman–Crippen MR) is 93.1 cm³/mol. The SMILES string of the molecule is Cn1nc(C(=O)Nc2ccccc2Cc2ccccc2)ccc1=O. The van der Waals surface area contributed by atoms with Crippen molar-refractivity contribution in [3.63, 3.8) is 0 Å². The first-order valence-electron chi connectivity index (χ1n) is 7.61. The highest BCUT2D eigenvalue weighted by molar-refractivity contribution is 6.03. The van der Waals surface area contributed by atoms with Gasteiger partial charge in [-0.2, -0.15) is 5.10 Å². The van der Waals surface area contributed by atoms with Crippen LogP contribution >= 0.6 is 0 Å². The summed E-state index contributed by atoms with van der Waals surface area (Å²) in [4.78, 5) is 23.8. The van der Waals surface area contributed by atoms with Gasteiger partial charge in [0.25, 0.3) is 11.5 Å². The number of aromatic nitrogens is 2. The molecule has 1 heterocycles. The summed E-state index contributed by atoms with van der Waals surface area (Å²) in [6, 6.07) is 20.5. The van der Waals surface area contributed by atoms with Gasteiger partial charge in [0.15, 0.2) is 0 Å². The third-order valence-corrected chi connectivity index (χ3v) is 3.70. The van der Waals surface area contributed by atoms with Gasteiger partial charge < -0.3 is 5.32 Å². The van der Waals surface area contributed by atoms with Gasteiger partial charge in [0.05, 0.1) is 0 Å². The first-order chi connectivity index (χ1) is 11.6. The molecule has 0 aliphatic heterocycles. The zero-order valence-electron chi connectivity index (χ0n) is 13.3. The summed E-state index contributed by atoms with van der Waals surface area (Å²) in [6.45, 7) is 0. The molecule has 2 aromatic carbocycles. The lowest BCUT2D eigenvalue weighted by atomic mass is 10.0. The number of amides is 1. The highest BCUT2D eigenvalue weighted by Gasteiger charge is 2.11. The number of nitrogens with one attached hydrogen (secondary N) is 1. The van der Waals surface area contributed by atoms with Crippen molar-refractivity contribution in [3.05, 3.63) is 93.9 Å². The molecule has 0 saturated carbocycles. The number of rotatable bonds is 4. The molecule has 1 aromatic heterocycles. The molecule has 3 rings (SSSR count). The van der Waals surface area contributed by atoms with Crippen molar-refractivity contribution in [2.24, 2.45) is 7.05 Å². The van der Waals surface area contributed by atoms with E-state index >= 15 is 0 Å². The van der Waals surface area contributed by atoms with Gasteiger partial charge in [-0.15, -0.1) is 0 Å². The Kier molecular flexibility index (Phi) is 4.52. The molecular formula is C19H17N3O2. The molecule has 1 amide bonds. The Bertz CT molecular complexity index is 917. The molecule has 120 valence electrons. The normalized spacial score (nSPS) is 10.4. The van der Waals surface area contributed by atoms with E-state index in [1.165, 1.54) is 24.7 Å². The first-order valence-corrected chi connectivity index (χ1v) is 7.61. The summed E-state index contributed by atoms with van der Waals surface area (Å²) >= 11 is 0. The molecule has 0 fully saturated rings. The van der Waals surface area contributed by atoms with Crippen LogP contribution in [0.2, 0.25) is 0 Å². The Morgan fingerprint density at radius 1 is 1.00 bits per heavy atom. The number of benzene rings is 2. The number of hydrogen-bond acceptors (Lipinski definition) is 3. The molecule has 0 bridgehead atoms. The summed E-state index contributed by atoms with van der Waals surface area (Å²) in [5.74, 6) is -0.342. The quantitative estimate of drug-likeness (QED) is 0.804. The summed E-state index contributed by atoms with van der Waals surface area (Å²) < 4.78 is 1.14. The molecule has 5 nitrogen and oxygen atoms in total. The second-order valence-electron chi connectivity index (χ2n) is 5.45. The number of hydrogen-bond donors (Lipinski definition) is 1. The van der Waals surface area contributed by atoms with Gasteiger partial charge in [-0.25, -0.2) is 4.68 Å². The number of carbonyl (C=O) groups excluding carboxylic acids is 1. The summed E-state index contributed by atoms with van der Waals surface area (Å²) in [5, 5.41) is 6.85. The molecule has 0 aliphatic carbocycles. The van der Waals surface area contributed by atoms with E-state index in [0.29, 0.717) is 0 Å². The van der Waals surface area contributed by atoms with Crippen LogP contribution < -0.4 is 10.9 Å². The zero-order valence-corrected chi connectivity index (χ0v) is 13.3. The van der Waals surface area contributed by atoms with Gasteiger partial charge in [-0.3, -0.25) is 9.59 Å². The maximum atomic E-state index is 12.4. The molecule has 0 aliphatic rings. The lowest BCUT2D eigenvalue weighted by molar-refractivity contribution is 0.102. The fourth-order valence-corrected chi connectivity index (χ4v) is 2.42. The minimum absolute atomic E-state index is 0.201. The first kappa shape index (κ1) is 15.7. The van der Waals surface area contributed by atoms with Crippen LogP contribution in [0, 0.1) is 0 Å². The number of carbonyl (C=O) groups is 1. The minimum Gasteiger partial charge on any atom is -0.320 e. The topological polar surface area (TPSA) is 64.0 Å². The molecule has 3 aromatic rings. The van der Waals surface area contributed by atoms with Crippen LogP contribution in [0.1, 0.15) is 21.6 Å². The van der Waals surface area contributed by atoms with E-state index in [2.05, 4.69) is 10.4 Å². The second kappa shape index (κ2) is 6.91. The fraction of sp³-hybridized carbons (Fsp3) is 0.105. The van der Waals surface area contributed by atoms with Gasteiger partial charge in [0, 0.05) is 18.8 Å². The Morgan fingerprint density at radius 3 is 2.46 bits per heavy atom. The minimum atomic E-state index is -0.342. The Hall–Kier alpha value is -3.21. The molecule has 0 radical (unpaired) electrons.